The molecule has 0 aromatic rings. The predicted molar refractivity (Wildman–Crippen MR) is 228 cm³/mol. The van der Waals surface area contributed by atoms with Crippen LogP contribution in [-0.2, 0) is 28.6 Å². The van der Waals surface area contributed by atoms with Crippen LogP contribution in [0, 0.1) is 5.92 Å². The molecule has 0 heterocycles. The molecule has 0 aromatic carbocycles. The van der Waals surface area contributed by atoms with Gasteiger partial charge in [0.15, 0.2) is 0 Å². The Bertz CT molecular complexity index is 832. The molecule has 0 N–H and O–H groups in total. The van der Waals surface area contributed by atoms with E-state index in [0.717, 1.165) is 45.1 Å². The number of hydrogen-bond acceptors (Lipinski definition) is 7. The minimum Gasteiger partial charge on any atom is -0.462 e. The zero-order chi connectivity index (χ0) is 39.9. The molecule has 0 aliphatic carbocycles. The Kier molecular flexibility index (Phi) is 38.4. The second kappa shape index (κ2) is 39.6. The Morgan fingerprint density at radius 2 is 0.796 bits per heavy atom. The Labute approximate surface area is 335 Å². The largest absolute Gasteiger partial charge is 0.462 e. The smallest absolute Gasteiger partial charge is 0.306 e. The molecule has 7 heteroatoms. The van der Waals surface area contributed by atoms with E-state index in [1.54, 1.807) is 0 Å². The summed E-state index contributed by atoms with van der Waals surface area (Å²) < 4.78 is 17.6. The van der Waals surface area contributed by atoms with Crippen molar-refractivity contribution in [2.24, 2.45) is 5.92 Å². The monoisotopic (exact) mass is 766 g/mol. The molecule has 0 amide bonds. The molecule has 0 fully saturated rings. The third-order valence-corrected chi connectivity index (χ3v) is 10.9. The summed E-state index contributed by atoms with van der Waals surface area (Å²) in [6, 6.07) is 0. The lowest BCUT2D eigenvalue weighted by Gasteiger charge is -2.22. The van der Waals surface area contributed by atoms with E-state index in [-0.39, 0.29) is 43.5 Å². The summed E-state index contributed by atoms with van der Waals surface area (Å²) in [6.07, 6.45) is 35.0. The summed E-state index contributed by atoms with van der Waals surface area (Å²) in [5.41, 5.74) is 0. The van der Waals surface area contributed by atoms with E-state index in [1.165, 1.54) is 141 Å². The first-order valence-electron chi connectivity index (χ1n) is 23.4. The Hall–Kier alpha value is -1.63. The van der Waals surface area contributed by atoms with Crippen molar-refractivity contribution in [3.63, 3.8) is 0 Å². The van der Waals surface area contributed by atoms with Crippen molar-refractivity contribution >= 4 is 17.9 Å². The maximum Gasteiger partial charge on any atom is 0.306 e. The average Bonchev–Trinajstić information content (AvgIpc) is 3.14. The first kappa shape index (κ1) is 52.4. The SMILES string of the molecule is CCCCCCCCC(CCCCCC)CCC(COC(=O)CCCC(=O)OC(CCCCCCCC)CCCCCCCC)OC(=O)CCCN(C)C. The Balaban J connectivity index is 5.03. The van der Waals surface area contributed by atoms with Crippen molar-refractivity contribution in [2.45, 2.75) is 252 Å². The number of carbonyl (C=O) groups is 3. The highest BCUT2D eigenvalue weighted by atomic mass is 16.6. The number of carbonyl (C=O) groups excluding carboxylic acids is 3. The molecular formula is C47H91NO6. The second-order valence-electron chi connectivity index (χ2n) is 16.6. The van der Waals surface area contributed by atoms with Crippen LogP contribution < -0.4 is 0 Å². The van der Waals surface area contributed by atoms with Crippen molar-refractivity contribution in [1.82, 2.24) is 4.90 Å². The molecule has 320 valence electrons. The van der Waals surface area contributed by atoms with Crippen LogP contribution in [0.15, 0.2) is 0 Å². The molecule has 2 unspecified atom stereocenters. The van der Waals surface area contributed by atoms with Gasteiger partial charge in [-0.3, -0.25) is 14.4 Å². The standard InChI is InChI=1S/C47H91NO6/c1-7-11-15-19-22-26-32-42(31-25-18-14-10-4)38-39-44(54-47(51)37-30-40-48(5)6)41-52-45(49)35-29-36-46(50)53-43(33-27-23-20-16-12-8-2)34-28-24-21-17-13-9-3/h42-44H,7-41H2,1-6H3. The molecule has 0 aromatic heterocycles. The highest BCUT2D eigenvalue weighted by molar-refractivity contribution is 5.72. The summed E-state index contributed by atoms with van der Waals surface area (Å²) in [4.78, 5) is 40.6. The van der Waals surface area contributed by atoms with Gasteiger partial charge in [0.2, 0.25) is 0 Å². The first-order valence-corrected chi connectivity index (χ1v) is 23.4. The van der Waals surface area contributed by atoms with E-state index in [4.69, 9.17) is 14.2 Å². The summed E-state index contributed by atoms with van der Waals surface area (Å²) in [7, 11) is 4.01. The van der Waals surface area contributed by atoms with Crippen LogP contribution in [0.5, 0.6) is 0 Å². The molecule has 0 spiro atoms. The summed E-state index contributed by atoms with van der Waals surface area (Å²) in [5.74, 6) is -0.150. The normalized spacial score (nSPS) is 12.7. The molecule has 0 bridgehead atoms. The molecule has 54 heavy (non-hydrogen) atoms. The summed E-state index contributed by atoms with van der Waals surface area (Å²) in [6.45, 7) is 9.90. The van der Waals surface area contributed by atoms with Crippen molar-refractivity contribution < 1.29 is 28.6 Å². The van der Waals surface area contributed by atoms with Gasteiger partial charge in [-0.1, -0.05) is 169 Å². The lowest BCUT2D eigenvalue weighted by atomic mass is 9.89. The van der Waals surface area contributed by atoms with Crippen LogP contribution in [0.25, 0.3) is 0 Å². The Morgan fingerprint density at radius 3 is 1.28 bits per heavy atom. The fourth-order valence-corrected chi connectivity index (χ4v) is 7.34. The number of unbranched alkanes of at least 4 members (excludes halogenated alkanes) is 18. The minimum absolute atomic E-state index is 0.0218. The molecule has 0 radical (unpaired) electrons. The van der Waals surface area contributed by atoms with Gasteiger partial charge >= 0.3 is 17.9 Å². The van der Waals surface area contributed by atoms with E-state index in [9.17, 15) is 14.4 Å². The van der Waals surface area contributed by atoms with E-state index in [0.29, 0.717) is 25.2 Å². The number of rotatable bonds is 41. The Morgan fingerprint density at radius 1 is 0.407 bits per heavy atom. The highest BCUT2D eigenvalue weighted by Gasteiger charge is 2.21. The molecule has 0 saturated heterocycles. The van der Waals surface area contributed by atoms with Gasteiger partial charge in [0.05, 0.1) is 0 Å². The maximum absolute atomic E-state index is 12.9. The fraction of sp³-hybridized carbons (Fsp3) is 0.936. The molecule has 0 aliphatic heterocycles. The van der Waals surface area contributed by atoms with Crippen LogP contribution in [0.3, 0.4) is 0 Å². The molecule has 0 saturated carbocycles. The number of esters is 3. The fourth-order valence-electron chi connectivity index (χ4n) is 7.34. The third-order valence-electron chi connectivity index (χ3n) is 10.9. The molecule has 7 nitrogen and oxygen atoms in total. The van der Waals surface area contributed by atoms with Crippen molar-refractivity contribution in [2.75, 3.05) is 27.2 Å². The van der Waals surface area contributed by atoms with Gasteiger partial charge in [0.25, 0.3) is 0 Å². The lowest BCUT2D eigenvalue weighted by molar-refractivity contribution is -0.160. The lowest BCUT2D eigenvalue weighted by Crippen LogP contribution is -2.26. The van der Waals surface area contributed by atoms with Gasteiger partial charge in [-0.2, -0.15) is 0 Å². The summed E-state index contributed by atoms with van der Waals surface area (Å²) in [5, 5.41) is 0. The third kappa shape index (κ3) is 36.0. The number of hydrogen-bond donors (Lipinski definition) is 0. The van der Waals surface area contributed by atoms with Crippen LogP contribution >= 0.6 is 0 Å². The molecule has 0 rings (SSSR count). The predicted octanol–water partition coefficient (Wildman–Crippen LogP) is 13.5. The quantitative estimate of drug-likeness (QED) is 0.0348. The zero-order valence-corrected chi connectivity index (χ0v) is 36.9. The summed E-state index contributed by atoms with van der Waals surface area (Å²) >= 11 is 0. The van der Waals surface area contributed by atoms with Crippen LogP contribution in [0.2, 0.25) is 0 Å². The molecule has 0 aliphatic rings. The van der Waals surface area contributed by atoms with Gasteiger partial charge in [-0.05, 0) is 77.9 Å². The van der Waals surface area contributed by atoms with Crippen LogP contribution in [0.1, 0.15) is 240 Å². The van der Waals surface area contributed by atoms with Gasteiger partial charge in [0, 0.05) is 19.3 Å². The topological polar surface area (TPSA) is 82.1 Å². The van der Waals surface area contributed by atoms with Gasteiger partial charge in [0.1, 0.15) is 18.8 Å². The van der Waals surface area contributed by atoms with E-state index < -0.39 is 6.10 Å². The van der Waals surface area contributed by atoms with Gasteiger partial charge < -0.3 is 19.1 Å². The van der Waals surface area contributed by atoms with Crippen molar-refractivity contribution in [3.05, 3.63) is 0 Å². The van der Waals surface area contributed by atoms with Crippen LogP contribution in [0.4, 0.5) is 0 Å². The first-order chi connectivity index (χ1) is 26.2. The highest BCUT2D eigenvalue weighted by Crippen LogP contribution is 2.25. The second-order valence-corrected chi connectivity index (χ2v) is 16.6. The minimum atomic E-state index is -0.432. The zero-order valence-electron chi connectivity index (χ0n) is 36.9. The van der Waals surface area contributed by atoms with Crippen LogP contribution in [-0.4, -0.2) is 62.3 Å². The number of ether oxygens (including phenoxy) is 3. The van der Waals surface area contributed by atoms with E-state index >= 15 is 0 Å². The average molecular weight is 766 g/mol. The number of nitrogens with zero attached hydrogens (tertiary/aromatic N) is 1. The van der Waals surface area contributed by atoms with E-state index in [1.807, 2.05) is 14.1 Å². The van der Waals surface area contributed by atoms with Gasteiger partial charge in [-0.25, -0.2) is 0 Å². The van der Waals surface area contributed by atoms with Crippen molar-refractivity contribution in [3.8, 4) is 0 Å². The van der Waals surface area contributed by atoms with Gasteiger partial charge in [-0.15, -0.1) is 0 Å². The molecular weight excluding hydrogens is 675 g/mol. The van der Waals surface area contributed by atoms with E-state index in [2.05, 4.69) is 32.6 Å². The maximum atomic E-state index is 12.9. The van der Waals surface area contributed by atoms with Crippen molar-refractivity contribution in [1.29, 1.82) is 0 Å². The molecule has 2 atom stereocenters.